The average Bonchev–Trinajstić information content (AvgIpc) is 2.40. The summed E-state index contributed by atoms with van der Waals surface area (Å²) in [6.07, 6.45) is -1.35. The molecule has 0 bridgehead atoms. The van der Waals surface area contributed by atoms with Gasteiger partial charge in [-0.3, -0.25) is 10.1 Å². The van der Waals surface area contributed by atoms with Gasteiger partial charge in [0.1, 0.15) is 0 Å². The number of nitro groups is 1. The molecule has 1 aromatic carbocycles. The molecule has 1 aliphatic carbocycles. The molecule has 1 aliphatic rings. The highest BCUT2D eigenvalue weighted by molar-refractivity contribution is 5.58. The van der Waals surface area contributed by atoms with Gasteiger partial charge in [-0.25, -0.2) is 0 Å². The lowest BCUT2D eigenvalue weighted by Crippen LogP contribution is -2.42. The molecule has 2 atom stereocenters. The van der Waals surface area contributed by atoms with Crippen LogP contribution >= 0.6 is 0 Å². The van der Waals surface area contributed by atoms with Crippen LogP contribution in [0.3, 0.4) is 0 Å². The number of nitrogens with one attached hydrogen (secondary N) is 1. The van der Waals surface area contributed by atoms with Crippen molar-refractivity contribution in [2.24, 2.45) is 5.73 Å². The molecule has 0 amide bonds. The Bertz CT molecular complexity index is 534. The van der Waals surface area contributed by atoms with Crippen molar-refractivity contribution in [2.45, 2.75) is 43.9 Å². The number of nitro benzene ring substituents is 1. The summed E-state index contributed by atoms with van der Waals surface area (Å²) < 4.78 is 39.1. The predicted octanol–water partition coefficient (Wildman–Crippen LogP) is 3.30. The molecule has 2 rings (SSSR count). The lowest BCUT2D eigenvalue weighted by molar-refractivity contribution is -0.385. The number of nitrogens with zero attached hydrogens (tertiary/aromatic N) is 1. The first-order chi connectivity index (χ1) is 9.79. The van der Waals surface area contributed by atoms with Crippen LogP contribution in [0.5, 0.6) is 0 Å². The van der Waals surface area contributed by atoms with Crippen molar-refractivity contribution < 1.29 is 18.1 Å². The molecule has 2 unspecified atom stereocenters. The molecule has 0 saturated heterocycles. The standard InChI is InChI=1S/C13H16F3N3O2/c14-13(15,16)9-7-8(19(20)21)5-6-11(9)18-12-4-2-1-3-10(12)17/h5-7,10,12,18H,1-4,17H2. The summed E-state index contributed by atoms with van der Waals surface area (Å²) in [4.78, 5) is 9.79. The Morgan fingerprint density at radius 1 is 1.29 bits per heavy atom. The fourth-order valence-corrected chi connectivity index (χ4v) is 2.54. The number of non-ortho nitro benzene ring substituents is 1. The van der Waals surface area contributed by atoms with E-state index in [1.54, 1.807) is 0 Å². The van der Waals surface area contributed by atoms with Crippen molar-refractivity contribution >= 4 is 11.4 Å². The number of nitrogens with two attached hydrogens (primary N) is 1. The molecule has 1 fully saturated rings. The maximum atomic E-state index is 13.0. The first-order valence-corrected chi connectivity index (χ1v) is 6.67. The van der Waals surface area contributed by atoms with Crippen LogP contribution < -0.4 is 11.1 Å². The van der Waals surface area contributed by atoms with Crippen LogP contribution in [0.1, 0.15) is 31.2 Å². The first kappa shape index (κ1) is 15.6. The topological polar surface area (TPSA) is 81.2 Å². The summed E-state index contributed by atoms with van der Waals surface area (Å²) in [6.45, 7) is 0. The fourth-order valence-electron chi connectivity index (χ4n) is 2.54. The molecule has 1 saturated carbocycles. The zero-order valence-corrected chi connectivity index (χ0v) is 11.2. The van der Waals surface area contributed by atoms with Crippen LogP contribution in [0.2, 0.25) is 0 Å². The molecule has 0 aliphatic heterocycles. The van der Waals surface area contributed by atoms with Crippen LogP contribution in [0, 0.1) is 10.1 Å². The molecular weight excluding hydrogens is 287 g/mol. The van der Waals surface area contributed by atoms with Crippen LogP contribution in [0.25, 0.3) is 0 Å². The van der Waals surface area contributed by atoms with E-state index in [-0.39, 0.29) is 17.8 Å². The third-order valence-electron chi connectivity index (χ3n) is 3.68. The smallest absolute Gasteiger partial charge is 0.380 e. The van der Waals surface area contributed by atoms with E-state index >= 15 is 0 Å². The highest BCUT2D eigenvalue weighted by atomic mass is 19.4. The minimum Gasteiger partial charge on any atom is -0.380 e. The quantitative estimate of drug-likeness (QED) is 0.663. The number of rotatable bonds is 3. The average molecular weight is 303 g/mol. The summed E-state index contributed by atoms with van der Waals surface area (Å²) in [5.41, 5.74) is 4.14. The van der Waals surface area contributed by atoms with Crippen molar-refractivity contribution in [3.8, 4) is 0 Å². The first-order valence-electron chi connectivity index (χ1n) is 6.67. The van der Waals surface area contributed by atoms with Crippen LogP contribution in [-0.2, 0) is 6.18 Å². The van der Waals surface area contributed by atoms with Gasteiger partial charge in [0.2, 0.25) is 0 Å². The zero-order chi connectivity index (χ0) is 15.6. The summed E-state index contributed by atoms with van der Waals surface area (Å²) >= 11 is 0. The van der Waals surface area contributed by atoms with Gasteiger partial charge in [0.25, 0.3) is 5.69 Å². The van der Waals surface area contributed by atoms with Crippen LogP contribution in [0.4, 0.5) is 24.5 Å². The molecule has 0 aromatic heterocycles. The Balaban J connectivity index is 2.31. The van der Waals surface area contributed by atoms with E-state index in [4.69, 9.17) is 5.73 Å². The largest absolute Gasteiger partial charge is 0.418 e. The number of benzene rings is 1. The van der Waals surface area contributed by atoms with Gasteiger partial charge < -0.3 is 11.1 Å². The second-order valence-corrected chi connectivity index (χ2v) is 5.18. The van der Waals surface area contributed by atoms with Gasteiger partial charge in [-0.1, -0.05) is 12.8 Å². The molecule has 8 heteroatoms. The summed E-state index contributed by atoms with van der Waals surface area (Å²) in [5, 5.41) is 13.4. The molecule has 0 spiro atoms. The van der Waals surface area contributed by atoms with Gasteiger partial charge in [0.05, 0.1) is 10.5 Å². The zero-order valence-electron chi connectivity index (χ0n) is 11.2. The molecule has 3 N–H and O–H groups in total. The Labute approximate surface area is 119 Å². The highest BCUT2D eigenvalue weighted by Crippen LogP contribution is 2.38. The summed E-state index contributed by atoms with van der Waals surface area (Å²) in [7, 11) is 0. The van der Waals surface area contributed by atoms with E-state index in [9.17, 15) is 23.3 Å². The third kappa shape index (κ3) is 3.63. The van der Waals surface area contributed by atoms with Crippen molar-refractivity contribution in [1.82, 2.24) is 0 Å². The van der Waals surface area contributed by atoms with Crippen molar-refractivity contribution in [3.63, 3.8) is 0 Å². The van der Waals surface area contributed by atoms with Gasteiger partial charge in [-0.2, -0.15) is 13.2 Å². The highest BCUT2D eigenvalue weighted by Gasteiger charge is 2.36. The van der Waals surface area contributed by atoms with E-state index in [1.807, 2.05) is 0 Å². The van der Waals surface area contributed by atoms with Crippen molar-refractivity contribution in [1.29, 1.82) is 0 Å². The summed E-state index contributed by atoms with van der Waals surface area (Å²) in [6, 6.07) is 2.25. The predicted molar refractivity (Wildman–Crippen MR) is 72.0 cm³/mol. The molecule has 0 heterocycles. The minimum atomic E-state index is -4.66. The number of halogens is 3. The normalized spacial score (nSPS) is 22.9. The van der Waals surface area contributed by atoms with Gasteiger partial charge in [-0.05, 0) is 18.9 Å². The van der Waals surface area contributed by atoms with Crippen LogP contribution in [-0.4, -0.2) is 17.0 Å². The number of anilines is 1. The lowest BCUT2D eigenvalue weighted by atomic mass is 9.90. The maximum Gasteiger partial charge on any atom is 0.418 e. The molecule has 5 nitrogen and oxygen atoms in total. The Kier molecular flexibility index (Phi) is 4.36. The molecule has 21 heavy (non-hydrogen) atoms. The molecule has 1 aromatic rings. The van der Waals surface area contributed by atoms with Crippen molar-refractivity contribution in [2.75, 3.05) is 5.32 Å². The second-order valence-electron chi connectivity index (χ2n) is 5.18. The van der Waals surface area contributed by atoms with E-state index in [0.717, 1.165) is 31.4 Å². The SMILES string of the molecule is NC1CCCCC1Nc1ccc([N+](=O)[O-])cc1C(F)(F)F. The Morgan fingerprint density at radius 3 is 2.52 bits per heavy atom. The molecule has 116 valence electrons. The van der Waals surface area contributed by atoms with Crippen molar-refractivity contribution in [3.05, 3.63) is 33.9 Å². The van der Waals surface area contributed by atoms with E-state index in [0.29, 0.717) is 12.5 Å². The van der Waals surface area contributed by atoms with Gasteiger partial charge in [0.15, 0.2) is 0 Å². The number of alkyl halides is 3. The maximum absolute atomic E-state index is 13.0. The van der Waals surface area contributed by atoms with Gasteiger partial charge >= 0.3 is 6.18 Å². The fraction of sp³-hybridized carbons (Fsp3) is 0.538. The molecule has 0 radical (unpaired) electrons. The lowest BCUT2D eigenvalue weighted by Gasteiger charge is -2.31. The van der Waals surface area contributed by atoms with Gasteiger partial charge in [-0.15, -0.1) is 0 Å². The summed E-state index contributed by atoms with van der Waals surface area (Å²) in [5.74, 6) is 0. The Hall–Kier alpha value is -1.83. The monoisotopic (exact) mass is 303 g/mol. The third-order valence-corrected chi connectivity index (χ3v) is 3.68. The second kappa shape index (κ2) is 5.88. The van der Waals surface area contributed by atoms with Crippen LogP contribution in [0.15, 0.2) is 18.2 Å². The Morgan fingerprint density at radius 2 is 1.95 bits per heavy atom. The minimum absolute atomic E-state index is 0.157. The van der Waals surface area contributed by atoms with Gasteiger partial charge in [0, 0.05) is 29.9 Å². The van der Waals surface area contributed by atoms with E-state index in [2.05, 4.69) is 5.32 Å². The number of hydrogen-bond acceptors (Lipinski definition) is 4. The van der Waals surface area contributed by atoms with E-state index < -0.39 is 22.4 Å². The molecular formula is C13H16F3N3O2. The number of hydrogen-bond donors (Lipinski definition) is 2. The van der Waals surface area contributed by atoms with E-state index in [1.165, 1.54) is 0 Å².